The summed E-state index contributed by atoms with van der Waals surface area (Å²) < 4.78 is 0. The number of hydrogen-bond donors (Lipinski definition) is 0. The Labute approximate surface area is 104 Å². The van der Waals surface area contributed by atoms with Gasteiger partial charge in [0.1, 0.15) is 0 Å². The van der Waals surface area contributed by atoms with Gasteiger partial charge >= 0.3 is 0 Å². The second-order valence-electron chi connectivity index (χ2n) is 3.53. The van der Waals surface area contributed by atoms with Crippen LogP contribution in [0, 0.1) is 10.1 Å². The molecule has 0 saturated carbocycles. The van der Waals surface area contributed by atoms with Crippen molar-refractivity contribution in [1.82, 2.24) is 0 Å². The van der Waals surface area contributed by atoms with E-state index in [1.54, 1.807) is 4.90 Å². The molecular weight excluding hydrogens is 251 g/mol. The summed E-state index contributed by atoms with van der Waals surface area (Å²) in [7, 11) is 3.63. The molecule has 88 valence electrons. The van der Waals surface area contributed by atoms with E-state index >= 15 is 0 Å². The van der Waals surface area contributed by atoms with Gasteiger partial charge in [0.2, 0.25) is 0 Å². The lowest BCUT2D eigenvalue weighted by atomic mass is 10.1. The molecule has 0 saturated heterocycles. The minimum absolute atomic E-state index is 0.0249. The zero-order valence-corrected chi connectivity index (χ0v) is 10.5. The van der Waals surface area contributed by atoms with Crippen molar-refractivity contribution in [3.8, 4) is 0 Å². The van der Waals surface area contributed by atoms with Gasteiger partial charge in [-0.25, -0.2) is 0 Å². The Morgan fingerprint density at radius 1 is 1.31 bits per heavy atom. The van der Waals surface area contributed by atoms with E-state index in [2.05, 4.69) is 0 Å². The molecule has 0 heterocycles. The fourth-order valence-corrected chi connectivity index (χ4v) is 1.90. The van der Waals surface area contributed by atoms with E-state index in [0.29, 0.717) is 11.1 Å². The molecule has 6 heteroatoms. The van der Waals surface area contributed by atoms with Crippen molar-refractivity contribution in [1.29, 1.82) is 0 Å². The summed E-state index contributed by atoms with van der Waals surface area (Å²) in [5.74, 6) is 0.344. The molecule has 0 spiro atoms. The first kappa shape index (κ1) is 13.1. The largest absolute Gasteiger partial charge is 0.377 e. The quantitative estimate of drug-likeness (QED) is 0.476. The second-order valence-corrected chi connectivity index (χ2v) is 4.07. The third kappa shape index (κ3) is 2.57. The van der Waals surface area contributed by atoms with Gasteiger partial charge in [-0.1, -0.05) is 0 Å². The van der Waals surface area contributed by atoms with Crippen LogP contribution in [0.15, 0.2) is 12.1 Å². The summed E-state index contributed by atoms with van der Waals surface area (Å²) in [5, 5.41) is 10.9. The molecule has 1 rings (SSSR count). The molecule has 0 aliphatic carbocycles. The average molecular weight is 263 g/mol. The lowest BCUT2D eigenvalue weighted by molar-refractivity contribution is -0.385. The summed E-state index contributed by atoms with van der Waals surface area (Å²) in [5.41, 5.74) is 1.99. The first-order valence-electron chi connectivity index (χ1n) is 4.60. The Bertz CT molecular complexity index is 408. The number of halogens is 2. The van der Waals surface area contributed by atoms with Crippen LogP contribution in [-0.2, 0) is 11.8 Å². The molecule has 0 aromatic heterocycles. The fourth-order valence-electron chi connectivity index (χ4n) is 1.47. The monoisotopic (exact) mass is 262 g/mol. The van der Waals surface area contributed by atoms with Gasteiger partial charge in [0.15, 0.2) is 0 Å². The van der Waals surface area contributed by atoms with Crippen molar-refractivity contribution in [2.45, 2.75) is 11.8 Å². The predicted octanol–water partition coefficient (Wildman–Crippen LogP) is 3.14. The SMILES string of the molecule is CN(C)c1cc(CCl)cc([N+](=O)[O-])c1CCl. The van der Waals surface area contributed by atoms with Crippen molar-refractivity contribution < 1.29 is 4.92 Å². The highest BCUT2D eigenvalue weighted by molar-refractivity contribution is 6.18. The predicted molar refractivity (Wildman–Crippen MR) is 66.5 cm³/mol. The maximum absolute atomic E-state index is 10.9. The molecule has 0 aliphatic heterocycles. The number of anilines is 1. The first-order chi connectivity index (χ1) is 7.51. The number of nitrogens with zero attached hydrogens (tertiary/aromatic N) is 2. The summed E-state index contributed by atoms with van der Waals surface area (Å²) in [4.78, 5) is 12.3. The van der Waals surface area contributed by atoms with Crippen molar-refractivity contribution in [2.24, 2.45) is 0 Å². The summed E-state index contributed by atoms with van der Waals surface area (Å²) >= 11 is 11.5. The van der Waals surface area contributed by atoms with Crippen molar-refractivity contribution in [3.63, 3.8) is 0 Å². The Kier molecular flexibility index (Phi) is 4.38. The van der Waals surface area contributed by atoms with Crippen LogP contribution in [0.3, 0.4) is 0 Å². The molecule has 0 N–H and O–H groups in total. The number of nitro benzene ring substituents is 1. The van der Waals surface area contributed by atoms with E-state index in [1.807, 2.05) is 20.2 Å². The molecule has 1 aromatic carbocycles. The van der Waals surface area contributed by atoms with Crippen molar-refractivity contribution >= 4 is 34.6 Å². The Morgan fingerprint density at radius 2 is 1.94 bits per heavy atom. The van der Waals surface area contributed by atoms with Gasteiger partial charge in [-0.05, 0) is 11.6 Å². The maximum Gasteiger partial charge on any atom is 0.276 e. The van der Waals surface area contributed by atoms with Crippen LogP contribution in [-0.4, -0.2) is 19.0 Å². The van der Waals surface area contributed by atoms with E-state index < -0.39 is 4.92 Å². The fraction of sp³-hybridized carbons (Fsp3) is 0.400. The van der Waals surface area contributed by atoms with Gasteiger partial charge < -0.3 is 4.90 Å². The minimum Gasteiger partial charge on any atom is -0.377 e. The number of alkyl halides is 2. The van der Waals surface area contributed by atoms with Crippen molar-refractivity contribution in [3.05, 3.63) is 33.4 Å². The van der Waals surface area contributed by atoms with Crippen LogP contribution in [0.2, 0.25) is 0 Å². The molecule has 0 aliphatic rings. The van der Waals surface area contributed by atoms with Gasteiger partial charge in [-0.2, -0.15) is 0 Å². The van der Waals surface area contributed by atoms with Crippen LogP contribution >= 0.6 is 23.2 Å². The highest BCUT2D eigenvalue weighted by Crippen LogP contribution is 2.32. The molecule has 0 amide bonds. The topological polar surface area (TPSA) is 46.4 Å². The third-order valence-electron chi connectivity index (χ3n) is 2.23. The Morgan fingerprint density at radius 3 is 2.31 bits per heavy atom. The highest BCUT2D eigenvalue weighted by atomic mass is 35.5. The van der Waals surface area contributed by atoms with Gasteiger partial charge in [-0.15, -0.1) is 23.2 Å². The van der Waals surface area contributed by atoms with Crippen LogP contribution < -0.4 is 4.90 Å². The molecular formula is C10H12Cl2N2O2. The smallest absolute Gasteiger partial charge is 0.276 e. The normalized spacial score (nSPS) is 10.2. The zero-order valence-electron chi connectivity index (χ0n) is 9.04. The molecule has 1 aromatic rings. The van der Waals surface area contributed by atoms with E-state index in [-0.39, 0.29) is 17.4 Å². The van der Waals surface area contributed by atoms with E-state index in [4.69, 9.17) is 23.2 Å². The molecule has 0 fully saturated rings. The number of nitro groups is 1. The van der Waals surface area contributed by atoms with Crippen LogP contribution in [0.1, 0.15) is 11.1 Å². The van der Waals surface area contributed by atoms with Crippen LogP contribution in [0.4, 0.5) is 11.4 Å². The van der Waals surface area contributed by atoms with Crippen molar-refractivity contribution in [2.75, 3.05) is 19.0 Å². The standard InChI is InChI=1S/C10H12Cl2N2O2/c1-13(2)9-3-7(5-11)4-10(14(15)16)8(9)6-12/h3-4H,5-6H2,1-2H3. The first-order valence-corrected chi connectivity index (χ1v) is 5.67. The molecule has 0 unspecified atom stereocenters. The summed E-state index contributed by atoms with van der Waals surface area (Å²) in [6.45, 7) is 0. The lowest BCUT2D eigenvalue weighted by Gasteiger charge is -2.17. The van der Waals surface area contributed by atoms with E-state index in [9.17, 15) is 10.1 Å². The van der Waals surface area contributed by atoms with Gasteiger partial charge in [-0.3, -0.25) is 10.1 Å². The number of benzene rings is 1. The van der Waals surface area contributed by atoms with Gasteiger partial charge in [0.25, 0.3) is 5.69 Å². The zero-order chi connectivity index (χ0) is 12.3. The van der Waals surface area contributed by atoms with E-state index in [1.165, 1.54) is 6.07 Å². The maximum atomic E-state index is 10.9. The lowest BCUT2D eigenvalue weighted by Crippen LogP contribution is -2.12. The van der Waals surface area contributed by atoms with Crippen LogP contribution in [0.5, 0.6) is 0 Å². The molecule has 16 heavy (non-hydrogen) atoms. The van der Waals surface area contributed by atoms with E-state index in [0.717, 1.165) is 5.69 Å². The third-order valence-corrected chi connectivity index (χ3v) is 2.80. The molecule has 0 bridgehead atoms. The average Bonchev–Trinajstić information content (AvgIpc) is 2.26. The van der Waals surface area contributed by atoms with Gasteiger partial charge in [0, 0.05) is 31.7 Å². The number of rotatable bonds is 4. The highest BCUT2D eigenvalue weighted by Gasteiger charge is 2.19. The molecule has 0 atom stereocenters. The molecule has 4 nitrogen and oxygen atoms in total. The Hall–Kier alpha value is -1.00. The number of hydrogen-bond acceptors (Lipinski definition) is 3. The van der Waals surface area contributed by atoms with Crippen LogP contribution in [0.25, 0.3) is 0 Å². The van der Waals surface area contributed by atoms with Gasteiger partial charge in [0.05, 0.1) is 16.4 Å². The Balaban J connectivity index is 3.46. The summed E-state index contributed by atoms with van der Waals surface area (Å²) in [6.07, 6.45) is 0. The summed E-state index contributed by atoms with van der Waals surface area (Å²) in [6, 6.07) is 3.29. The second kappa shape index (κ2) is 5.37. The minimum atomic E-state index is -0.430. The molecule has 0 radical (unpaired) electrons.